The van der Waals surface area contributed by atoms with E-state index in [2.05, 4.69) is 30.1 Å². The van der Waals surface area contributed by atoms with Crippen LogP contribution >= 0.6 is 0 Å². The lowest BCUT2D eigenvalue weighted by Gasteiger charge is -2.06. The lowest BCUT2D eigenvalue weighted by Crippen LogP contribution is -1.87. The van der Waals surface area contributed by atoms with Crippen LogP contribution in [0.5, 0.6) is 11.5 Å². The predicted molar refractivity (Wildman–Crippen MR) is 130 cm³/mol. The Morgan fingerprint density at radius 2 is 1.42 bits per heavy atom. The Kier molecular flexibility index (Phi) is 6.56. The average Bonchev–Trinajstić information content (AvgIpc) is 3.26. The van der Waals surface area contributed by atoms with Gasteiger partial charge in [-0.3, -0.25) is 0 Å². The fourth-order valence-corrected chi connectivity index (χ4v) is 3.57. The molecule has 0 aliphatic rings. The molecule has 0 spiro atoms. The third kappa shape index (κ3) is 4.65. The fourth-order valence-electron chi connectivity index (χ4n) is 3.57. The molecule has 4 aromatic rings. The molecule has 0 unspecified atom stereocenters. The van der Waals surface area contributed by atoms with Gasteiger partial charge in [-0.25, -0.2) is 4.99 Å². The minimum absolute atomic E-state index is 0.272. The van der Waals surface area contributed by atoms with Crippen LogP contribution in [0.2, 0.25) is 0 Å². The minimum atomic E-state index is 0.272. The second-order valence-corrected chi connectivity index (χ2v) is 7.41. The monoisotopic (exact) mass is 436 g/mol. The topological polar surface area (TPSA) is 67.8 Å². The molecule has 0 radical (unpaired) electrons. The van der Waals surface area contributed by atoms with Gasteiger partial charge in [-0.15, -0.1) is 0 Å². The lowest BCUT2D eigenvalue weighted by atomic mass is 9.98. The summed E-state index contributed by atoms with van der Waals surface area (Å²) in [4.78, 5) is 4.54. The van der Waals surface area contributed by atoms with Crippen LogP contribution in [-0.4, -0.2) is 20.4 Å². The van der Waals surface area contributed by atoms with Crippen LogP contribution in [0.1, 0.15) is 23.6 Å². The molecule has 0 aliphatic heterocycles. The highest BCUT2D eigenvalue weighted by Crippen LogP contribution is 2.43. The molecule has 1 aromatic heterocycles. The average molecular weight is 437 g/mol. The molecule has 164 valence electrons. The zero-order valence-electron chi connectivity index (χ0n) is 18.8. The summed E-state index contributed by atoms with van der Waals surface area (Å²) in [6.07, 6.45) is 2.69. The lowest BCUT2D eigenvalue weighted by molar-refractivity contribution is 0.414. The van der Waals surface area contributed by atoms with Crippen molar-refractivity contribution in [2.45, 2.75) is 13.3 Å². The first kappa shape index (κ1) is 21.9. The van der Waals surface area contributed by atoms with Gasteiger partial charge in [0.05, 0.1) is 14.2 Å². The molecule has 0 saturated carbocycles. The maximum Gasteiger partial charge on any atom is 0.238 e. The molecule has 0 amide bonds. The number of ether oxygens (including phenoxy) is 2. The maximum absolute atomic E-state index is 10.0. The molecule has 0 N–H and O–H groups in total. The first-order valence-corrected chi connectivity index (χ1v) is 10.7. The first-order valence-electron chi connectivity index (χ1n) is 10.7. The Morgan fingerprint density at radius 3 is 1.94 bits per heavy atom. The predicted octanol–water partition coefficient (Wildman–Crippen LogP) is 6.82. The highest BCUT2D eigenvalue weighted by atomic mass is 16.5. The number of aryl methyl sites for hydroxylation is 1. The van der Waals surface area contributed by atoms with Gasteiger partial charge >= 0.3 is 0 Å². The van der Waals surface area contributed by atoms with Gasteiger partial charge in [-0.1, -0.05) is 43.3 Å². The molecule has 0 fully saturated rings. The Bertz CT molecular complexity index is 1290. The van der Waals surface area contributed by atoms with Crippen LogP contribution < -0.4 is 9.47 Å². The molecule has 1 heterocycles. The molecular formula is C28H24N2O3. The van der Waals surface area contributed by atoms with E-state index < -0.39 is 0 Å². The van der Waals surface area contributed by atoms with Gasteiger partial charge in [0, 0.05) is 17.3 Å². The number of benzene rings is 3. The van der Waals surface area contributed by atoms with Crippen LogP contribution in [-0.2, 0) is 6.42 Å². The molecule has 3 aromatic carbocycles. The van der Waals surface area contributed by atoms with E-state index in [1.54, 1.807) is 20.4 Å². The van der Waals surface area contributed by atoms with E-state index in [0.717, 1.165) is 34.6 Å². The summed E-state index contributed by atoms with van der Waals surface area (Å²) in [5.41, 5.74) is 4.93. The van der Waals surface area contributed by atoms with E-state index in [9.17, 15) is 5.26 Å². The molecule has 5 nitrogen and oxygen atoms in total. The Balaban J connectivity index is 1.83. The molecule has 5 heteroatoms. The number of rotatable bonds is 7. The quantitative estimate of drug-likeness (QED) is 0.298. The van der Waals surface area contributed by atoms with Crippen LogP contribution in [0.3, 0.4) is 0 Å². The van der Waals surface area contributed by atoms with E-state index >= 15 is 0 Å². The Labute approximate surface area is 193 Å². The number of hydrogen-bond acceptors (Lipinski definition) is 5. The minimum Gasteiger partial charge on any atom is -0.497 e. The van der Waals surface area contributed by atoms with Crippen molar-refractivity contribution in [3.05, 3.63) is 89.5 Å². The normalized spacial score (nSPS) is 10.8. The zero-order chi connectivity index (χ0) is 23.2. The number of nitriles is 1. The highest BCUT2D eigenvalue weighted by Gasteiger charge is 2.23. The molecular weight excluding hydrogens is 412 g/mol. The zero-order valence-corrected chi connectivity index (χ0v) is 18.8. The van der Waals surface area contributed by atoms with E-state index in [0.29, 0.717) is 16.9 Å². The van der Waals surface area contributed by atoms with Gasteiger partial charge in [0.1, 0.15) is 28.9 Å². The molecule has 4 rings (SSSR count). The van der Waals surface area contributed by atoms with Crippen molar-refractivity contribution < 1.29 is 13.9 Å². The summed E-state index contributed by atoms with van der Waals surface area (Å²) in [7, 11) is 3.24. The first-order chi connectivity index (χ1) is 16.2. The van der Waals surface area contributed by atoms with Crippen molar-refractivity contribution in [3.63, 3.8) is 0 Å². The van der Waals surface area contributed by atoms with Gasteiger partial charge in [-0.2, -0.15) is 5.26 Å². The van der Waals surface area contributed by atoms with E-state index in [1.165, 1.54) is 5.56 Å². The summed E-state index contributed by atoms with van der Waals surface area (Å²) < 4.78 is 16.7. The third-order valence-corrected chi connectivity index (χ3v) is 5.45. The summed E-state index contributed by atoms with van der Waals surface area (Å²) in [6.45, 7) is 2.12. The van der Waals surface area contributed by atoms with Crippen molar-refractivity contribution >= 4 is 12.1 Å². The molecule has 0 bridgehead atoms. The van der Waals surface area contributed by atoms with E-state index in [-0.39, 0.29) is 5.88 Å². The molecule has 0 aliphatic carbocycles. The van der Waals surface area contributed by atoms with Crippen molar-refractivity contribution in [3.8, 4) is 40.0 Å². The standard InChI is InChI=1S/C28H24N2O3/c1-4-19-5-7-20(8-6-19)18-30-28-25(17-29)26(21-9-13-23(31-2)14-10-21)27(33-28)22-11-15-24(32-3)16-12-22/h5-16,18H,4H2,1-3H3/b30-18+. The second kappa shape index (κ2) is 9.88. The smallest absolute Gasteiger partial charge is 0.238 e. The number of methoxy groups -OCH3 is 2. The van der Waals surface area contributed by atoms with Gasteiger partial charge < -0.3 is 13.9 Å². The van der Waals surface area contributed by atoms with Crippen molar-refractivity contribution in [1.82, 2.24) is 0 Å². The van der Waals surface area contributed by atoms with Gasteiger partial charge in [-0.05, 0) is 59.5 Å². The van der Waals surface area contributed by atoms with Gasteiger partial charge in [0.2, 0.25) is 5.88 Å². The van der Waals surface area contributed by atoms with Gasteiger partial charge in [0.25, 0.3) is 0 Å². The summed E-state index contributed by atoms with van der Waals surface area (Å²) in [5.74, 6) is 2.33. The SMILES string of the molecule is CCc1ccc(/C=N/c2oc(-c3ccc(OC)cc3)c(-c3ccc(OC)cc3)c2C#N)cc1. The molecule has 0 saturated heterocycles. The van der Waals surface area contributed by atoms with E-state index in [4.69, 9.17) is 13.9 Å². The van der Waals surface area contributed by atoms with Crippen LogP contribution in [0.15, 0.2) is 82.2 Å². The van der Waals surface area contributed by atoms with Crippen LogP contribution in [0.4, 0.5) is 5.88 Å². The third-order valence-electron chi connectivity index (χ3n) is 5.45. The Hall–Kier alpha value is -4.30. The van der Waals surface area contributed by atoms with Crippen molar-refractivity contribution in [1.29, 1.82) is 5.26 Å². The number of aliphatic imine (C=N–C) groups is 1. The maximum atomic E-state index is 10.0. The number of hydrogen-bond donors (Lipinski definition) is 0. The second-order valence-electron chi connectivity index (χ2n) is 7.41. The Morgan fingerprint density at radius 1 is 0.848 bits per heavy atom. The highest BCUT2D eigenvalue weighted by molar-refractivity contribution is 5.90. The summed E-state index contributed by atoms with van der Waals surface area (Å²) in [5, 5.41) is 10.0. The van der Waals surface area contributed by atoms with Gasteiger partial charge in [0.15, 0.2) is 0 Å². The van der Waals surface area contributed by atoms with Crippen molar-refractivity contribution in [2.24, 2.45) is 4.99 Å². The summed E-state index contributed by atoms with van der Waals surface area (Å²) in [6, 6.07) is 25.5. The molecule has 0 atom stereocenters. The van der Waals surface area contributed by atoms with E-state index in [1.807, 2.05) is 60.7 Å². The van der Waals surface area contributed by atoms with Crippen molar-refractivity contribution in [2.75, 3.05) is 14.2 Å². The molecule has 33 heavy (non-hydrogen) atoms. The largest absolute Gasteiger partial charge is 0.497 e. The number of furan rings is 1. The summed E-state index contributed by atoms with van der Waals surface area (Å²) >= 11 is 0. The van der Waals surface area contributed by atoms with Crippen LogP contribution in [0.25, 0.3) is 22.5 Å². The number of nitrogens with zero attached hydrogens (tertiary/aromatic N) is 2. The van der Waals surface area contributed by atoms with Crippen LogP contribution in [0, 0.1) is 11.3 Å². The fraction of sp³-hybridized carbons (Fsp3) is 0.143.